The molecule has 1 aromatic heterocycles. The van der Waals surface area contributed by atoms with Crippen LogP contribution in [0.25, 0.3) is 17.1 Å². The van der Waals surface area contributed by atoms with Gasteiger partial charge in [0.05, 0.1) is 24.2 Å². The molecule has 5 heteroatoms. The molecule has 24 heavy (non-hydrogen) atoms. The maximum atomic E-state index is 11.9. The zero-order valence-corrected chi connectivity index (χ0v) is 13.5. The summed E-state index contributed by atoms with van der Waals surface area (Å²) in [7, 11) is 0. The SMILES string of the molecule is CCOc1ccc(C=CC(=O)NCc2nc3ccccc3[nH]2)cc1. The van der Waals surface area contributed by atoms with Crippen LogP contribution in [-0.4, -0.2) is 22.5 Å². The first-order valence-corrected chi connectivity index (χ1v) is 7.87. The van der Waals surface area contributed by atoms with Gasteiger partial charge in [-0.15, -0.1) is 0 Å². The lowest BCUT2D eigenvalue weighted by molar-refractivity contribution is -0.116. The molecule has 1 amide bonds. The number of carbonyl (C=O) groups excluding carboxylic acids is 1. The molecule has 0 aliphatic rings. The van der Waals surface area contributed by atoms with Crippen molar-refractivity contribution in [2.75, 3.05) is 6.61 Å². The first-order chi connectivity index (χ1) is 11.7. The number of nitrogens with zero attached hydrogens (tertiary/aromatic N) is 1. The van der Waals surface area contributed by atoms with Crippen LogP contribution in [0.5, 0.6) is 5.75 Å². The maximum absolute atomic E-state index is 11.9. The zero-order chi connectivity index (χ0) is 16.8. The van der Waals surface area contributed by atoms with Crippen molar-refractivity contribution in [1.29, 1.82) is 0 Å². The molecule has 0 saturated heterocycles. The molecule has 0 aliphatic heterocycles. The van der Waals surface area contributed by atoms with Gasteiger partial charge >= 0.3 is 0 Å². The van der Waals surface area contributed by atoms with E-state index >= 15 is 0 Å². The highest BCUT2D eigenvalue weighted by atomic mass is 16.5. The minimum Gasteiger partial charge on any atom is -0.494 e. The highest BCUT2D eigenvalue weighted by molar-refractivity contribution is 5.91. The summed E-state index contributed by atoms with van der Waals surface area (Å²) >= 11 is 0. The minimum atomic E-state index is -0.163. The number of ether oxygens (including phenoxy) is 1. The molecule has 122 valence electrons. The van der Waals surface area contributed by atoms with Crippen LogP contribution in [-0.2, 0) is 11.3 Å². The molecule has 0 spiro atoms. The maximum Gasteiger partial charge on any atom is 0.244 e. The molecule has 2 N–H and O–H groups in total. The van der Waals surface area contributed by atoms with E-state index in [-0.39, 0.29) is 5.91 Å². The van der Waals surface area contributed by atoms with Gasteiger partial charge in [-0.2, -0.15) is 0 Å². The fourth-order valence-corrected chi connectivity index (χ4v) is 2.33. The Morgan fingerprint density at radius 3 is 2.75 bits per heavy atom. The summed E-state index contributed by atoms with van der Waals surface area (Å²) in [6, 6.07) is 15.4. The molecule has 1 heterocycles. The smallest absolute Gasteiger partial charge is 0.244 e. The van der Waals surface area contributed by atoms with Gasteiger partial charge in [0, 0.05) is 6.08 Å². The van der Waals surface area contributed by atoms with Crippen molar-refractivity contribution in [3.8, 4) is 5.75 Å². The molecule has 0 aliphatic carbocycles. The highest BCUT2D eigenvalue weighted by Gasteiger charge is 2.03. The van der Waals surface area contributed by atoms with Crippen LogP contribution < -0.4 is 10.1 Å². The topological polar surface area (TPSA) is 67.0 Å². The fourth-order valence-electron chi connectivity index (χ4n) is 2.33. The first kappa shape index (κ1) is 15.8. The lowest BCUT2D eigenvalue weighted by Crippen LogP contribution is -2.20. The molecule has 5 nitrogen and oxygen atoms in total. The molecule has 0 bridgehead atoms. The van der Waals surface area contributed by atoms with Crippen LogP contribution in [0.2, 0.25) is 0 Å². The number of benzene rings is 2. The third-order valence-electron chi connectivity index (χ3n) is 3.49. The molecule has 2 aromatic carbocycles. The number of nitrogens with one attached hydrogen (secondary N) is 2. The van der Waals surface area contributed by atoms with Crippen LogP contribution in [0, 0.1) is 0 Å². The predicted octanol–water partition coefficient (Wildman–Crippen LogP) is 3.29. The average Bonchev–Trinajstić information content (AvgIpc) is 3.02. The summed E-state index contributed by atoms with van der Waals surface area (Å²) in [5.41, 5.74) is 2.80. The van der Waals surface area contributed by atoms with Gasteiger partial charge in [-0.1, -0.05) is 24.3 Å². The lowest BCUT2D eigenvalue weighted by Gasteiger charge is -2.02. The summed E-state index contributed by atoms with van der Waals surface area (Å²) in [5, 5.41) is 2.82. The van der Waals surface area contributed by atoms with E-state index in [0.29, 0.717) is 13.2 Å². The summed E-state index contributed by atoms with van der Waals surface area (Å²) in [6.07, 6.45) is 3.28. The molecule has 0 saturated carbocycles. The Kier molecular flexibility index (Phi) is 4.91. The Bertz CT molecular complexity index is 817. The molecular formula is C19H19N3O2. The van der Waals surface area contributed by atoms with E-state index in [1.54, 1.807) is 6.08 Å². The fraction of sp³-hybridized carbons (Fsp3) is 0.158. The van der Waals surface area contributed by atoms with Gasteiger partial charge in [0.15, 0.2) is 0 Å². The number of aromatic nitrogens is 2. The van der Waals surface area contributed by atoms with Gasteiger partial charge in [0.2, 0.25) is 5.91 Å². The molecule has 0 fully saturated rings. The number of rotatable bonds is 6. The normalized spacial score (nSPS) is 11.0. The van der Waals surface area contributed by atoms with E-state index < -0.39 is 0 Å². The Morgan fingerprint density at radius 2 is 2.00 bits per heavy atom. The number of imidazole rings is 1. The first-order valence-electron chi connectivity index (χ1n) is 7.87. The Morgan fingerprint density at radius 1 is 1.21 bits per heavy atom. The average molecular weight is 321 g/mol. The van der Waals surface area contributed by atoms with Crippen molar-refractivity contribution in [2.24, 2.45) is 0 Å². The van der Waals surface area contributed by atoms with Gasteiger partial charge in [0.1, 0.15) is 11.6 Å². The minimum absolute atomic E-state index is 0.163. The van der Waals surface area contributed by atoms with Gasteiger partial charge in [0.25, 0.3) is 0 Å². The highest BCUT2D eigenvalue weighted by Crippen LogP contribution is 2.13. The molecule has 0 unspecified atom stereocenters. The van der Waals surface area contributed by atoms with Gasteiger partial charge in [-0.05, 0) is 42.8 Å². The molecule has 0 atom stereocenters. The standard InChI is InChI=1S/C19H19N3O2/c1-2-24-15-10-7-14(8-11-15)9-12-19(23)20-13-18-21-16-5-3-4-6-17(16)22-18/h3-12H,2,13H2,1H3,(H,20,23)(H,21,22). The number of carbonyl (C=O) groups is 1. The monoisotopic (exact) mass is 321 g/mol. The van der Waals surface area contributed by atoms with E-state index in [1.165, 1.54) is 6.08 Å². The third-order valence-corrected chi connectivity index (χ3v) is 3.49. The Labute approximate surface area is 140 Å². The van der Waals surface area contributed by atoms with Gasteiger partial charge in [-0.25, -0.2) is 4.98 Å². The molecule has 3 rings (SSSR count). The van der Waals surface area contributed by atoms with Crippen LogP contribution in [0.4, 0.5) is 0 Å². The van der Waals surface area contributed by atoms with Crippen molar-refractivity contribution >= 4 is 23.0 Å². The van der Waals surface area contributed by atoms with Gasteiger partial charge < -0.3 is 15.0 Å². The Balaban J connectivity index is 1.54. The van der Waals surface area contributed by atoms with Crippen molar-refractivity contribution in [1.82, 2.24) is 15.3 Å². The molecule has 0 radical (unpaired) electrons. The zero-order valence-electron chi connectivity index (χ0n) is 13.5. The van der Waals surface area contributed by atoms with Crippen molar-refractivity contribution in [3.63, 3.8) is 0 Å². The van der Waals surface area contributed by atoms with Crippen molar-refractivity contribution in [2.45, 2.75) is 13.5 Å². The number of aromatic amines is 1. The second-order valence-electron chi connectivity index (χ2n) is 5.25. The molecular weight excluding hydrogens is 302 g/mol. The summed E-state index contributed by atoms with van der Waals surface area (Å²) in [5.74, 6) is 1.40. The second kappa shape index (κ2) is 7.46. The number of hydrogen-bond donors (Lipinski definition) is 2. The number of hydrogen-bond acceptors (Lipinski definition) is 3. The van der Waals surface area contributed by atoms with E-state index in [1.807, 2.05) is 55.5 Å². The van der Waals surface area contributed by atoms with Crippen LogP contribution in [0.3, 0.4) is 0 Å². The number of para-hydroxylation sites is 2. The quantitative estimate of drug-likeness (QED) is 0.685. The van der Waals surface area contributed by atoms with Crippen LogP contribution in [0.15, 0.2) is 54.6 Å². The van der Waals surface area contributed by atoms with E-state index in [2.05, 4.69) is 15.3 Å². The van der Waals surface area contributed by atoms with Crippen LogP contribution in [0.1, 0.15) is 18.3 Å². The van der Waals surface area contributed by atoms with E-state index in [9.17, 15) is 4.79 Å². The summed E-state index contributed by atoms with van der Waals surface area (Å²) in [4.78, 5) is 19.5. The third kappa shape index (κ3) is 4.01. The largest absolute Gasteiger partial charge is 0.494 e. The van der Waals surface area contributed by atoms with Crippen molar-refractivity contribution in [3.05, 3.63) is 66.0 Å². The van der Waals surface area contributed by atoms with Crippen molar-refractivity contribution < 1.29 is 9.53 Å². The number of amides is 1. The predicted molar refractivity (Wildman–Crippen MR) is 94.6 cm³/mol. The Hall–Kier alpha value is -3.08. The van der Waals surface area contributed by atoms with E-state index in [0.717, 1.165) is 28.2 Å². The molecule has 3 aromatic rings. The van der Waals surface area contributed by atoms with Gasteiger partial charge in [-0.3, -0.25) is 4.79 Å². The number of H-pyrrole nitrogens is 1. The van der Waals surface area contributed by atoms with Crippen LogP contribution >= 0.6 is 0 Å². The lowest BCUT2D eigenvalue weighted by atomic mass is 10.2. The van der Waals surface area contributed by atoms with E-state index in [4.69, 9.17) is 4.74 Å². The summed E-state index contributed by atoms with van der Waals surface area (Å²) in [6.45, 7) is 2.95. The summed E-state index contributed by atoms with van der Waals surface area (Å²) < 4.78 is 5.39. The second-order valence-corrected chi connectivity index (χ2v) is 5.25. The number of fused-ring (bicyclic) bond motifs is 1.